The lowest BCUT2D eigenvalue weighted by atomic mass is 9.81. The molecule has 4 nitrogen and oxygen atoms in total. The van der Waals surface area contributed by atoms with Crippen molar-refractivity contribution in [2.75, 3.05) is 5.32 Å². The van der Waals surface area contributed by atoms with Gasteiger partial charge in [0, 0.05) is 11.3 Å². The van der Waals surface area contributed by atoms with Crippen LogP contribution in [-0.2, 0) is 9.59 Å². The molecule has 1 heterocycles. The highest BCUT2D eigenvalue weighted by Crippen LogP contribution is 2.30. The molecule has 0 aromatic carbocycles. The van der Waals surface area contributed by atoms with Gasteiger partial charge in [0.15, 0.2) is 0 Å². The van der Waals surface area contributed by atoms with Crippen LogP contribution < -0.4 is 5.32 Å². The third-order valence-corrected chi connectivity index (χ3v) is 3.87. The van der Waals surface area contributed by atoms with E-state index in [9.17, 15) is 9.59 Å². The quantitative estimate of drug-likeness (QED) is 0.870. The van der Waals surface area contributed by atoms with Crippen LogP contribution in [-0.4, -0.2) is 17.0 Å². The van der Waals surface area contributed by atoms with Gasteiger partial charge >= 0.3 is 5.97 Å². The Bertz CT molecular complexity index is 402. The van der Waals surface area contributed by atoms with Gasteiger partial charge in [0.25, 0.3) is 0 Å². The molecule has 2 rings (SSSR count). The first kappa shape index (κ1) is 12.1. The summed E-state index contributed by atoms with van der Waals surface area (Å²) in [6.07, 6.45) is 2.77. The van der Waals surface area contributed by atoms with Crippen molar-refractivity contribution in [2.45, 2.75) is 25.7 Å². The number of aliphatic carboxylic acids is 1. The summed E-state index contributed by atoms with van der Waals surface area (Å²) in [6, 6.07) is 1.85. The van der Waals surface area contributed by atoms with Crippen molar-refractivity contribution in [3.8, 4) is 0 Å². The van der Waals surface area contributed by atoms with Gasteiger partial charge in [-0.25, -0.2) is 0 Å². The van der Waals surface area contributed by atoms with Crippen molar-refractivity contribution in [1.29, 1.82) is 0 Å². The van der Waals surface area contributed by atoms with Crippen molar-refractivity contribution < 1.29 is 14.7 Å². The highest BCUT2D eigenvalue weighted by Gasteiger charge is 2.30. The SMILES string of the molecule is O=C(O)[C@@H]1CCC[C@H](C(=O)Nc2ccsc2)C1. The first-order valence-electron chi connectivity index (χ1n) is 5.72. The summed E-state index contributed by atoms with van der Waals surface area (Å²) in [7, 11) is 0. The molecule has 1 aromatic heterocycles. The summed E-state index contributed by atoms with van der Waals surface area (Å²) >= 11 is 1.52. The summed E-state index contributed by atoms with van der Waals surface area (Å²) in [5.41, 5.74) is 0.803. The van der Waals surface area contributed by atoms with Crippen molar-refractivity contribution in [3.05, 3.63) is 16.8 Å². The molecule has 0 radical (unpaired) electrons. The van der Waals surface area contributed by atoms with Crippen LogP contribution in [0, 0.1) is 11.8 Å². The number of rotatable bonds is 3. The van der Waals surface area contributed by atoms with Crippen molar-refractivity contribution in [1.82, 2.24) is 0 Å². The summed E-state index contributed by atoms with van der Waals surface area (Å²) in [6.45, 7) is 0. The van der Waals surface area contributed by atoms with E-state index < -0.39 is 5.97 Å². The minimum atomic E-state index is -0.780. The van der Waals surface area contributed by atoms with E-state index in [-0.39, 0.29) is 17.7 Å². The number of nitrogens with one attached hydrogen (secondary N) is 1. The predicted molar refractivity (Wildman–Crippen MR) is 66.0 cm³/mol. The van der Waals surface area contributed by atoms with Gasteiger partial charge in [-0.3, -0.25) is 9.59 Å². The molecule has 1 aliphatic carbocycles. The maximum Gasteiger partial charge on any atom is 0.306 e. The Kier molecular flexibility index (Phi) is 3.78. The molecular formula is C12H15NO3S. The summed E-state index contributed by atoms with van der Waals surface area (Å²) in [5, 5.41) is 15.6. The molecule has 0 bridgehead atoms. The van der Waals surface area contributed by atoms with Gasteiger partial charge in [-0.05, 0) is 30.7 Å². The zero-order chi connectivity index (χ0) is 12.3. The maximum atomic E-state index is 11.9. The lowest BCUT2D eigenvalue weighted by molar-refractivity contribution is -0.143. The molecule has 5 heteroatoms. The number of carboxylic acids is 1. The molecule has 0 saturated heterocycles. The topological polar surface area (TPSA) is 66.4 Å². The minimum absolute atomic E-state index is 0.0469. The molecule has 17 heavy (non-hydrogen) atoms. The zero-order valence-corrected chi connectivity index (χ0v) is 10.2. The largest absolute Gasteiger partial charge is 0.481 e. The fourth-order valence-electron chi connectivity index (χ4n) is 2.23. The number of anilines is 1. The monoisotopic (exact) mass is 253 g/mol. The van der Waals surface area contributed by atoms with Crippen LogP contribution in [0.3, 0.4) is 0 Å². The molecule has 1 aromatic rings. The highest BCUT2D eigenvalue weighted by molar-refractivity contribution is 7.08. The zero-order valence-electron chi connectivity index (χ0n) is 9.39. The van der Waals surface area contributed by atoms with Gasteiger partial charge in [-0.15, -0.1) is 0 Å². The Morgan fingerprint density at radius 3 is 2.76 bits per heavy atom. The van der Waals surface area contributed by atoms with E-state index >= 15 is 0 Å². The number of carbonyl (C=O) groups is 2. The minimum Gasteiger partial charge on any atom is -0.481 e. The Morgan fingerprint density at radius 1 is 1.35 bits per heavy atom. The third-order valence-electron chi connectivity index (χ3n) is 3.18. The van der Waals surface area contributed by atoms with Gasteiger partial charge in [-0.1, -0.05) is 6.42 Å². The number of hydrogen-bond acceptors (Lipinski definition) is 3. The first-order valence-corrected chi connectivity index (χ1v) is 6.67. The van der Waals surface area contributed by atoms with Gasteiger partial charge in [0.2, 0.25) is 5.91 Å². The Morgan fingerprint density at radius 2 is 2.12 bits per heavy atom. The molecule has 1 fully saturated rings. The third kappa shape index (κ3) is 3.06. The molecule has 2 N–H and O–H groups in total. The summed E-state index contributed by atoms with van der Waals surface area (Å²) in [5.74, 6) is -1.35. The van der Waals surface area contributed by atoms with Crippen molar-refractivity contribution in [3.63, 3.8) is 0 Å². The molecule has 1 aliphatic rings. The molecule has 0 spiro atoms. The van der Waals surface area contributed by atoms with Crippen LogP contribution in [0.15, 0.2) is 16.8 Å². The lowest BCUT2D eigenvalue weighted by Crippen LogP contribution is -2.30. The number of carboxylic acid groups (broad SMARTS) is 1. The predicted octanol–water partition coefficient (Wildman–Crippen LogP) is 2.58. The number of amides is 1. The second-order valence-corrected chi connectivity index (χ2v) is 5.18. The molecular weight excluding hydrogens is 238 g/mol. The first-order chi connectivity index (χ1) is 8.16. The van der Waals surface area contributed by atoms with Crippen LogP contribution in [0.4, 0.5) is 5.69 Å². The van der Waals surface area contributed by atoms with Gasteiger partial charge in [0.1, 0.15) is 0 Å². The van der Waals surface area contributed by atoms with Crippen molar-refractivity contribution in [2.24, 2.45) is 11.8 Å². The van der Waals surface area contributed by atoms with Gasteiger partial charge in [-0.2, -0.15) is 11.3 Å². The fraction of sp³-hybridized carbons (Fsp3) is 0.500. The van der Waals surface area contributed by atoms with E-state index in [1.165, 1.54) is 11.3 Å². The smallest absolute Gasteiger partial charge is 0.306 e. The van der Waals surface area contributed by atoms with E-state index in [1.54, 1.807) is 0 Å². The van der Waals surface area contributed by atoms with Crippen LogP contribution in [0.2, 0.25) is 0 Å². The number of thiophene rings is 1. The van der Waals surface area contributed by atoms with Crippen LogP contribution in [0.25, 0.3) is 0 Å². The number of hydrogen-bond donors (Lipinski definition) is 2. The van der Waals surface area contributed by atoms with E-state index in [4.69, 9.17) is 5.11 Å². The van der Waals surface area contributed by atoms with Gasteiger partial charge in [0.05, 0.1) is 11.6 Å². The van der Waals surface area contributed by atoms with E-state index in [0.717, 1.165) is 18.5 Å². The normalized spacial score (nSPS) is 24.2. The van der Waals surface area contributed by atoms with Gasteiger partial charge < -0.3 is 10.4 Å². The highest BCUT2D eigenvalue weighted by atomic mass is 32.1. The molecule has 1 amide bonds. The fourth-order valence-corrected chi connectivity index (χ4v) is 2.82. The average molecular weight is 253 g/mol. The summed E-state index contributed by atoms with van der Waals surface area (Å²) < 4.78 is 0. The van der Waals surface area contributed by atoms with Crippen LogP contribution in [0.1, 0.15) is 25.7 Å². The standard InChI is InChI=1S/C12H15NO3S/c14-11(13-10-4-5-17-7-10)8-2-1-3-9(6-8)12(15)16/h4-5,7-9H,1-3,6H2,(H,13,14)(H,15,16)/t8-,9+/m0/s1. The van der Waals surface area contributed by atoms with Crippen LogP contribution >= 0.6 is 11.3 Å². The second-order valence-electron chi connectivity index (χ2n) is 4.40. The van der Waals surface area contributed by atoms with Crippen LogP contribution in [0.5, 0.6) is 0 Å². The molecule has 0 aliphatic heterocycles. The Balaban J connectivity index is 1.93. The van der Waals surface area contributed by atoms with E-state index in [0.29, 0.717) is 12.8 Å². The number of carbonyl (C=O) groups excluding carboxylic acids is 1. The molecule has 92 valence electrons. The van der Waals surface area contributed by atoms with E-state index in [2.05, 4.69) is 5.32 Å². The Hall–Kier alpha value is -1.36. The molecule has 2 atom stereocenters. The lowest BCUT2D eigenvalue weighted by Gasteiger charge is -2.25. The average Bonchev–Trinajstić information content (AvgIpc) is 2.82. The Labute approximate surface area is 104 Å². The van der Waals surface area contributed by atoms with E-state index in [1.807, 2.05) is 16.8 Å². The maximum absolute atomic E-state index is 11.9. The second kappa shape index (κ2) is 5.31. The molecule has 1 saturated carbocycles. The summed E-state index contributed by atoms with van der Waals surface area (Å²) in [4.78, 5) is 22.8. The van der Waals surface area contributed by atoms with Crippen molar-refractivity contribution >= 4 is 28.9 Å². The molecule has 0 unspecified atom stereocenters.